The third kappa shape index (κ3) is 4.99. The van der Waals surface area contributed by atoms with Crippen molar-refractivity contribution in [2.24, 2.45) is 0 Å². The summed E-state index contributed by atoms with van der Waals surface area (Å²) in [4.78, 5) is 31.3. The van der Waals surface area contributed by atoms with Gasteiger partial charge in [0.1, 0.15) is 16.8 Å². The van der Waals surface area contributed by atoms with Crippen LogP contribution in [0, 0.1) is 5.82 Å². The molecule has 6 rings (SSSR count). The van der Waals surface area contributed by atoms with Gasteiger partial charge in [0.05, 0.1) is 24.3 Å². The Balaban J connectivity index is 1.33. The van der Waals surface area contributed by atoms with E-state index in [1.165, 1.54) is 6.07 Å². The van der Waals surface area contributed by atoms with Crippen LogP contribution in [0.4, 0.5) is 10.1 Å². The van der Waals surface area contributed by atoms with Gasteiger partial charge in [0.15, 0.2) is 17.3 Å². The van der Waals surface area contributed by atoms with Gasteiger partial charge in [-0.15, -0.1) is 0 Å². The molecule has 39 heavy (non-hydrogen) atoms. The average molecular weight is 536 g/mol. The van der Waals surface area contributed by atoms with Crippen molar-refractivity contribution in [3.05, 3.63) is 58.1 Å². The molecule has 2 aromatic carbocycles. The predicted molar refractivity (Wildman–Crippen MR) is 148 cm³/mol. The third-order valence-electron chi connectivity index (χ3n) is 8.05. The zero-order valence-electron chi connectivity index (χ0n) is 22.2. The Labute approximate surface area is 226 Å². The van der Waals surface area contributed by atoms with E-state index in [-0.39, 0.29) is 22.4 Å². The van der Waals surface area contributed by atoms with E-state index in [0.29, 0.717) is 49.3 Å². The standard InChI is InChI=1S/C29H34FN5O4/c1-33-11-4-5-19(33)8-9-32-29(37)21-18-35-23-6-2-3-7-24(23)39-28-25(22(30)17-20(26(28)35)27(21)36)31-10-12-34-13-15-38-16-14-34/h2-3,6-7,17-19,31H,4-5,8-16H2,1H3,(H,32,37). The molecule has 1 amide bonds. The van der Waals surface area contributed by atoms with Gasteiger partial charge in [-0.2, -0.15) is 0 Å². The van der Waals surface area contributed by atoms with Crippen molar-refractivity contribution in [3.8, 4) is 17.2 Å². The lowest BCUT2D eigenvalue weighted by molar-refractivity contribution is 0.0398. The van der Waals surface area contributed by atoms with E-state index in [4.69, 9.17) is 9.47 Å². The van der Waals surface area contributed by atoms with E-state index < -0.39 is 17.2 Å². The number of fused-ring (bicyclic) bond motifs is 2. The number of anilines is 1. The fraction of sp³-hybridized carbons (Fsp3) is 0.448. The quantitative estimate of drug-likeness (QED) is 0.358. The number of rotatable bonds is 8. The van der Waals surface area contributed by atoms with Crippen molar-refractivity contribution in [1.29, 1.82) is 0 Å². The van der Waals surface area contributed by atoms with Crippen LogP contribution < -0.4 is 20.8 Å². The monoisotopic (exact) mass is 535 g/mol. The molecule has 0 spiro atoms. The molecule has 9 nitrogen and oxygen atoms in total. The lowest BCUT2D eigenvalue weighted by atomic mass is 10.1. The number of hydrogen-bond donors (Lipinski definition) is 2. The molecular weight excluding hydrogens is 501 g/mol. The number of morpholine rings is 1. The summed E-state index contributed by atoms with van der Waals surface area (Å²) in [5, 5.41) is 6.22. The topological polar surface area (TPSA) is 88.1 Å². The second kappa shape index (κ2) is 11.0. The van der Waals surface area contributed by atoms with Crippen molar-refractivity contribution < 1.29 is 18.7 Å². The summed E-state index contributed by atoms with van der Waals surface area (Å²) in [5.41, 5.74) is 0.800. The van der Waals surface area contributed by atoms with Crippen LogP contribution in [0.1, 0.15) is 29.6 Å². The second-order valence-electron chi connectivity index (χ2n) is 10.5. The van der Waals surface area contributed by atoms with Gasteiger partial charge in [0, 0.05) is 45.0 Å². The Morgan fingerprint density at radius 1 is 1.15 bits per heavy atom. The summed E-state index contributed by atoms with van der Waals surface area (Å²) in [7, 11) is 2.09. The smallest absolute Gasteiger partial charge is 0.256 e. The highest BCUT2D eigenvalue weighted by Gasteiger charge is 2.28. The molecule has 2 fully saturated rings. The molecule has 2 saturated heterocycles. The number of pyridine rings is 1. The number of amides is 1. The molecule has 4 heterocycles. The van der Waals surface area contributed by atoms with Gasteiger partial charge in [-0.05, 0) is 51.1 Å². The van der Waals surface area contributed by atoms with Crippen molar-refractivity contribution in [1.82, 2.24) is 19.7 Å². The fourth-order valence-electron chi connectivity index (χ4n) is 5.85. The average Bonchev–Trinajstić information content (AvgIpc) is 3.36. The lowest BCUT2D eigenvalue weighted by Gasteiger charge is -2.28. The van der Waals surface area contributed by atoms with E-state index >= 15 is 4.39 Å². The molecule has 3 aliphatic rings. The Hall–Kier alpha value is -3.47. The zero-order valence-corrected chi connectivity index (χ0v) is 22.2. The van der Waals surface area contributed by atoms with Crippen LogP contribution in [0.3, 0.4) is 0 Å². The van der Waals surface area contributed by atoms with Crippen LogP contribution in [-0.2, 0) is 4.74 Å². The molecule has 10 heteroatoms. The predicted octanol–water partition coefficient (Wildman–Crippen LogP) is 3.19. The van der Waals surface area contributed by atoms with Gasteiger partial charge in [0.25, 0.3) is 5.91 Å². The zero-order chi connectivity index (χ0) is 26.9. The number of nitrogens with zero attached hydrogens (tertiary/aromatic N) is 3. The van der Waals surface area contributed by atoms with Crippen LogP contribution >= 0.6 is 0 Å². The molecule has 3 aromatic rings. The van der Waals surface area contributed by atoms with Crippen molar-refractivity contribution in [3.63, 3.8) is 0 Å². The first-order valence-electron chi connectivity index (χ1n) is 13.7. The molecule has 3 aliphatic heterocycles. The fourth-order valence-corrected chi connectivity index (χ4v) is 5.85. The number of likely N-dealkylation sites (tertiary alicyclic amines) is 1. The summed E-state index contributed by atoms with van der Waals surface area (Å²) in [6.07, 6.45) is 4.64. The summed E-state index contributed by atoms with van der Waals surface area (Å²) < 4.78 is 28.9. The van der Waals surface area contributed by atoms with Crippen LogP contribution in [-0.4, -0.2) is 85.8 Å². The van der Waals surface area contributed by atoms with E-state index in [0.717, 1.165) is 45.4 Å². The number of para-hydroxylation sites is 2. The minimum Gasteiger partial charge on any atom is -0.451 e. The molecule has 1 unspecified atom stereocenters. The number of hydrogen-bond acceptors (Lipinski definition) is 7. The van der Waals surface area contributed by atoms with Gasteiger partial charge in [-0.1, -0.05) is 12.1 Å². The molecule has 0 radical (unpaired) electrons. The molecule has 206 valence electrons. The van der Waals surface area contributed by atoms with Crippen molar-refractivity contribution in [2.45, 2.75) is 25.3 Å². The molecule has 1 atom stereocenters. The van der Waals surface area contributed by atoms with Crippen LogP contribution in [0.25, 0.3) is 16.6 Å². The first-order chi connectivity index (χ1) is 19.0. The minimum absolute atomic E-state index is 0.0163. The number of ether oxygens (including phenoxy) is 2. The van der Waals surface area contributed by atoms with Crippen molar-refractivity contribution >= 4 is 22.5 Å². The maximum Gasteiger partial charge on any atom is 0.256 e. The normalized spacial score (nSPS) is 19.1. The lowest BCUT2D eigenvalue weighted by Crippen LogP contribution is -2.39. The van der Waals surface area contributed by atoms with Gasteiger partial charge >= 0.3 is 0 Å². The van der Waals surface area contributed by atoms with Crippen LogP contribution in [0.5, 0.6) is 11.5 Å². The Morgan fingerprint density at radius 2 is 1.97 bits per heavy atom. The third-order valence-corrected chi connectivity index (χ3v) is 8.05. The van der Waals surface area contributed by atoms with Crippen LogP contribution in [0.2, 0.25) is 0 Å². The molecular formula is C29H34FN5O4. The highest BCUT2D eigenvalue weighted by Crippen LogP contribution is 2.44. The Morgan fingerprint density at radius 3 is 2.77 bits per heavy atom. The van der Waals surface area contributed by atoms with E-state index in [9.17, 15) is 9.59 Å². The van der Waals surface area contributed by atoms with Crippen LogP contribution in [0.15, 0.2) is 41.3 Å². The SMILES string of the molecule is CN1CCCC1CCNC(=O)c1cn2c3c(c(NCCN4CCOCC4)c(F)cc3c1=O)Oc1ccccc1-2. The highest BCUT2D eigenvalue weighted by atomic mass is 19.1. The highest BCUT2D eigenvalue weighted by molar-refractivity contribution is 6.01. The van der Waals surface area contributed by atoms with E-state index in [1.54, 1.807) is 16.8 Å². The first-order valence-corrected chi connectivity index (χ1v) is 13.7. The molecule has 2 N–H and O–H groups in total. The molecule has 1 aromatic heterocycles. The van der Waals surface area contributed by atoms with Gasteiger partial charge in [-0.3, -0.25) is 14.5 Å². The number of halogens is 1. The maximum atomic E-state index is 15.6. The van der Waals surface area contributed by atoms with Gasteiger partial charge in [0.2, 0.25) is 5.43 Å². The van der Waals surface area contributed by atoms with Gasteiger partial charge < -0.3 is 29.6 Å². The molecule has 0 bridgehead atoms. The van der Waals surface area contributed by atoms with Gasteiger partial charge in [-0.25, -0.2) is 4.39 Å². The Bertz CT molecular complexity index is 1450. The number of aromatic nitrogens is 1. The molecule has 0 aliphatic carbocycles. The summed E-state index contributed by atoms with van der Waals surface area (Å²) >= 11 is 0. The van der Waals surface area contributed by atoms with Crippen molar-refractivity contribution in [2.75, 3.05) is 64.8 Å². The minimum atomic E-state index is -0.593. The Kier molecular flexibility index (Phi) is 7.24. The van der Waals surface area contributed by atoms with E-state index in [1.807, 2.05) is 18.2 Å². The second-order valence-corrected chi connectivity index (χ2v) is 10.5. The van der Waals surface area contributed by atoms with E-state index in [2.05, 4.69) is 27.5 Å². The number of nitrogens with one attached hydrogen (secondary N) is 2. The maximum absolute atomic E-state index is 15.6. The summed E-state index contributed by atoms with van der Waals surface area (Å²) in [6.45, 7) is 5.80. The largest absolute Gasteiger partial charge is 0.451 e. The number of carbonyl (C=O) groups is 1. The number of carbonyl (C=O) groups excluding carboxylic acids is 1. The first kappa shape index (κ1) is 25.8. The summed E-state index contributed by atoms with van der Waals surface area (Å²) in [6, 6.07) is 8.99. The summed E-state index contributed by atoms with van der Waals surface area (Å²) in [5.74, 6) is -0.277. The number of benzene rings is 2. The molecule has 0 saturated carbocycles.